The summed E-state index contributed by atoms with van der Waals surface area (Å²) < 4.78 is 0. The van der Waals surface area contributed by atoms with Crippen molar-refractivity contribution in [1.29, 1.82) is 0 Å². The summed E-state index contributed by atoms with van der Waals surface area (Å²) in [5, 5.41) is 7.00. The van der Waals surface area contributed by atoms with Gasteiger partial charge in [-0.05, 0) is 58.3 Å². The van der Waals surface area contributed by atoms with Crippen LogP contribution in [-0.2, 0) is 0 Å². The van der Waals surface area contributed by atoms with Gasteiger partial charge >= 0.3 is 0 Å². The van der Waals surface area contributed by atoms with Gasteiger partial charge in [-0.3, -0.25) is 0 Å². The Morgan fingerprint density at radius 1 is 1.05 bits per heavy atom. The van der Waals surface area contributed by atoms with E-state index in [2.05, 4.69) is 23.8 Å². The minimum absolute atomic E-state index is 0.925. The average molecular weight is 272 g/mol. The summed E-state index contributed by atoms with van der Waals surface area (Å²) in [6.45, 7) is 11.5. The van der Waals surface area contributed by atoms with Gasteiger partial charge in [0.25, 0.3) is 0 Å². The maximum absolute atomic E-state index is 7.00. The van der Waals surface area contributed by atoms with Crippen LogP contribution in [0.5, 0.6) is 0 Å². The quantitative estimate of drug-likeness (QED) is 0.852. The molecule has 2 fully saturated rings. The summed E-state index contributed by atoms with van der Waals surface area (Å²) in [6.07, 6.45) is 7.20. The molecule has 1 heterocycles. The molecule has 1 saturated heterocycles. The van der Waals surface area contributed by atoms with Crippen LogP contribution in [0.4, 0.5) is 0 Å². The Labute approximate surface area is 121 Å². The lowest BCUT2D eigenvalue weighted by atomic mass is 9.89. The maximum atomic E-state index is 7.00. The molecule has 0 aromatic rings. The van der Waals surface area contributed by atoms with Crippen molar-refractivity contribution in [3.63, 3.8) is 0 Å². The summed E-state index contributed by atoms with van der Waals surface area (Å²) in [6, 6.07) is 0.925. The van der Waals surface area contributed by atoms with E-state index in [1.54, 1.807) is 0 Å². The highest BCUT2D eigenvalue weighted by Gasteiger charge is 2.25. The van der Waals surface area contributed by atoms with Gasteiger partial charge in [0, 0.05) is 19.7 Å². The molecule has 0 spiro atoms. The molecule has 1 N–H and O–H groups in total. The highest BCUT2D eigenvalue weighted by Crippen LogP contribution is 2.26. The van der Waals surface area contributed by atoms with Crippen LogP contribution in [0, 0.1) is 5.92 Å². The molecule has 2 aliphatic rings. The minimum Gasteiger partial charge on any atom is -0.400 e. The van der Waals surface area contributed by atoms with E-state index in [1.165, 1.54) is 58.3 Å². The Hall–Kier alpha value is -0.120. The van der Waals surface area contributed by atoms with E-state index < -0.39 is 0 Å². The van der Waals surface area contributed by atoms with Gasteiger partial charge in [-0.1, -0.05) is 27.2 Å². The van der Waals surface area contributed by atoms with E-state index in [0.29, 0.717) is 0 Å². The zero-order valence-corrected chi connectivity index (χ0v) is 13.9. The van der Waals surface area contributed by atoms with Crippen molar-refractivity contribution in [2.75, 3.05) is 40.3 Å². The third kappa shape index (κ3) is 6.73. The number of nitrogens with zero attached hydrogens (tertiary/aromatic N) is 2. The number of aliphatic hydroxyl groups excluding tert-OH is 1. The molecule has 0 unspecified atom stereocenters. The largest absolute Gasteiger partial charge is 0.400 e. The van der Waals surface area contributed by atoms with Crippen molar-refractivity contribution >= 4 is 0 Å². The third-order valence-corrected chi connectivity index (χ3v) is 4.40. The number of rotatable bonds is 4. The topological polar surface area (TPSA) is 26.7 Å². The van der Waals surface area contributed by atoms with Crippen LogP contribution in [0.2, 0.25) is 0 Å². The highest BCUT2D eigenvalue weighted by atomic mass is 16.2. The Bertz CT molecular complexity index is 187. The fourth-order valence-electron chi connectivity index (χ4n) is 2.87. The predicted octanol–water partition coefficient (Wildman–Crippen LogP) is 2.84. The fraction of sp³-hybridized carbons (Fsp3) is 1.00. The van der Waals surface area contributed by atoms with Crippen LogP contribution in [-0.4, -0.2) is 61.3 Å². The molecule has 0 radical (unpaired) electrons. The van der Waals surface area contributed by atoms with E-state index in [0.717, 1.165) is 19.1 Å². The first-order valence-electron chi connectivity index (χ1n) is 8.17. The molecule has 0 atom stereocenters. The van der Waals surface area contributed by atoms with Crippen LogP contribution < -0.4 is 0 Å². The molecule has 3 heteroatoms. The zero-order valence-electron chi connectivity index (χ0n) is 13.9. The van der Waals surface area contributed by atoms with Crippen molar-refractivity contribution < 1.29 is 5.11 Å². The molecule has 1 saturated carbocycles. The van der Waals surface area contributed by atoms with Crippen LogP contribution in [0.3, 0.4) is 0 Å². The van der Waals surface area contributed by atoms with Crippen molar-refractivity contribution in [1.82, 2.24) is 9.80 Å². The summed E-state index contributed by atoms with van der Waals surface area (Å²) >= 11 is 0. The normalized spacial score (nSPS) is 21.0. The molecule has 0 aromatic carbocycles. The Kier molecular flexibility index (Phi) is 11.6. The van der Waals surface area contributed by atoms with E-state index in [9.17, 15) is 0 Å². The van der Waals surface area contributed by atoms with Crippen molar-refractivity contribution in [3.05, 3.63) is 0 Å². The maximum Gasteiger partial charge on any atom is 0.0319 e. The smallest absolute Gasteiger partial charge is 0.0319 e. The number of aliphatic hydroxyl groups is 1. The molecule has 0 amide bonds. The van der Waals surface area contributed by atoms with Gasteiger partial charge in [-0.2, -0.15) is 0 Å². The molecule has 19 heavy (non-hydrogen) atoms. The first-order valence-corrected chi connectivity index (χ1v) is 8.17. The van der Waals surface area contributed by atoms with Crippen LogP contribution in [0.1, 0.15) is 52.9 Å². The first kappa shape index (κ1) is 18.9. The van der Waals surface area contributed by atoms with E-state index in [1.807, 2.05) is 13.8 Å². The molecular weight excluding hydrogens is 236 g/mol. The molecule has 0 bridgehead atoms. The molecular formula is C16H36N2O. The summed E-state index contributed by atoms with van der Waals surface area (Å²) in [7, 11) is 3.33. The van der Waals surface area contributed by atoms with Crippen molar-refractivity contribution in [2.24, 2.45) is 5.92 Å². The predicted molar refractivity (Wildman–Crippen MR) is 84.6 cm³/mol. The fourth-order valence-corrected chi connectivity index (χ4v) is 2.87. The van der Waals surface area contributed by atoms with Gasteiger partial charge in [0.1, 0.15) is 0 Å². The summed E-state index contributed by atoms with van der Waals surface area (Å²) in [4.78, 5) is 5.20. The SMILES string of the molecule is CC.CCN1CCC(CN(C)C2CCC2)CC1.CO. The van der Waals surface area contributed by atoms with Crippen LogP contribution >= 0.6 is 0 Å². The molecule has 2 rings (SSSR count). The second-order valence-electron chi connectivity index (χ2n) is 5.40. The average Bonchev–Trinajstić information content (AvgIpc) is 2.42. The van der Waals surface area contributed by atoms with Gasteiger partial charge in [0.05, 0.1) is 0 Å². The minimum atomic E-state index is 0.925. The lowest BCUT2D eigenvalue weighted by Crippen LogP contribution is -2.43. The Balaban J connectivity index is 0.000000741. The third-order valence-electron chi connectivity index (χ3n) is 4.40. The second kappa shape index (κ2) is 11.7. The molecule has 3 nitrogen and oxygen atoms in total. The molecule has 1 aliphatic carbocycles. The second-order valence-corrected chi connectivity index (χ2v) is 5.40. The number of likely N-dealkylation sites (tertiary alicyclic amines) is 1. The lowest BCUT2D eigenvalue weighted by molar-refractivity contribution is 0.106. The molecule has 116 valence electrons. The Morgan fingerprint density at radius 2 is 1.58 bits per heavy atom. The van der Waals surface area contributed by atoms with E-state index in [4.69, 9.17) is 5.11 Å². The van der Waals surface area contributed by atoms with Crippen molar-refractivity contribution in [2.45, 2.75) is 58.9 Å². The number of hydrogen-bond acceptors (Lipinski definition) is 3. The highest BCUT2D eigenvalue weighted by molar-refractivity contribution is 4.81. The summed E-state index contributed by atoms with van der Waals surface area (Å²) in [5.74, 6) is 0.971. The standard InChI is InChI=1S/C13H26N2.C2H6.CH4O/c1-3-15-9-7-12(8-10-15)11-14(2)13-5-4-6-13;2*1-2/h12-13H,3-11H2,1-2H3;1-2H3;2H,1H3. The van der Waals surface area contributed by atoms with Crippen LogP contribution in [0.15, 0.2) is 0 Å². The molecule has 1 aliphatic heterocycles. The van der Waals surface area contributed by atoms with Crippen LogP contribution in [0.25, 0.3) is 0 Å². The Morgan fingerprint density at radius 3 is 1.95 bits per heavy atom. The summed E-state index contributed by atoms with van der Waals surface area (Å²) in [5.41, 5.74) is 0. The van der Waals surface area contributed by atoms with Crippen molar-refractivity contribution in [3.8, 4) is 0 Å². The number of hydrogen-bond donors (Lipinski definition) is 1. The van der Waals surface area contributed by atoms with Gasteiger partial charge in [-0.15, -0.1) is 0 Å². The molecule has 0 aromatic heterocycles. The van der Waals surface area contributed by atoms with Gasteiger partial charge < -0.3 is 14.9 Å². The van der Waals surface area contributed by atoms with E-state index in [-0.39, 0.29) is 0 Å². The van der Waals surface area contributed by atoms with Gasteiger partial charge in [-0.25, -0.2) is 0 Å². The lowest BCUT2D eigenvalue weighted by Gasteiger charge is -2.39. The zero-order chi connectivity index (χ0) is 14.7. The van der Waals surface area contributed by atoms with Gasteiger partial charge in [0.15, 0.2) is 0 Å². The number of piperidine rings is 1. The van der Waals surface area contributed by atoms with Gasteiger partial charge in [0.2, 0.25) is 0 Å². The van der Waals surface area contributed by atoms with E-state index >= 15 is 0 Å². The first-order chi connectivity index (χ1) is 9.29. The monoisotopic (exact) mass is 272 g/mol.